The normalized spacial score (nSPS) is 10.4. The van der Waals surface area contributed by atoms with Crippen LogP contribution < -0.4 is 16.6 Å². The van der Waals surface area contributed by atoms with Crippen molar-refractivity contribution in [2.75, 3.05) is 12.0 Å². The molecule has 2 rings (SSSR count). The second kappa shape index (κ2) is 7.39. The van der Waals surface area contributed by atoms with Crippen molar-refractivity contribution in [3.63, 3.8) is 0 Å². The molecule has 0 aliphatic rings. The van der Waals surface area contributed by atoms with Crippen molar-refractivity contribution < 1.29 is 4.79 Å². The zero-order chi connectivity index (χ0) is 15.1. The molecule has 0 saturated heterocycles. The second-order valence-electron chi connectivity index (χ2n) is 4.64. The van der Waals surface area contributed by atoms with Gasteiger partial charge in [-0.05, 0) is 25.0 Å². The van der Waals surface area contributed by atoms with Gasteiger partial charge >= 0.3 is 0 Å². The zero-order valence-electron chi connectivity index (χ0n) is 12.0. The number of anilines is 1. The van der Waals surface area contributed by atoms with E-state index in [2.05, 4.69) is 20.7 Å². The maximum absolute atomic E-state index is 12.1. The highest BCUT2D eigenvalue weighted by molar-refractivity contribution is 5.94. The van der Waals surface area contributed by atoms with E-state index in [4.69, 9.17) is 5.84 Å². The number of hydrogen-bond donors (Lipinski definition) is 3. The first kappa shape index (κ1) is 15.0. The molecule has 0 fully saturated rings. The lowest BCUT2D eigenvalue weighted by atomic mass is 10.2. The van der Waals surface area contributed by atoms with Gasteiger partial charge in [0.1, 0.15) is 5.82 Å². The molecule has 7 nitrogen and oxygen atoms in total. The summed E-state index contributed by atoms with van der Waals surface area (Å²) in [5.74, 6) is 5.75. The van der Waals surface area contributed by atoms with Crippen LogP contribution >= 0.6 is 0 Å². The van der Waals surface area contributed by atoms with E-state index < -0.39 is 0 Å². The number of hydrogen-bond acceptors (Lipinski definition) is 5. The van der Waals surface area contributed by atoms with E-state index in [1.807, 2.05) is 17.7 Å². The van der Waals surface area contributed by atoms with Gasteiger partial charge in [0.25, 0.3) is 5.91 Å². The summed E-state index contributed by atoms with van der Waals surface area (Å²) in [6.45, 7) is 3.41. The highest BCUT2D eigenvalue weighted by Gasteiger charge is 2.08. The van der Waals surface area contributed by atoms with Crippen LogP contribution in [0.3, 0.4) is 0 Å². The molecule has 0 saturated carbocycles. The minimum atomic E-state index is -0.116. The van der Waals surface area contributed by atoms with Gasteiger partial charge in [0.2, 0.25) is 0 Å². The van der Waals surface area contributed by atoms with E-state index >= 15 is 0 Å². The van der Waals surface area contributed by atoms with Gasteiger partial charge in [-0.1, -0.05) is 6.92 Å². The van der Waals surface area contributed by atoms with Crippen molar-refractivity contribution in [2.24, 2.45) is 5.84 Å². The average molecular weight is 288 g/mol. The van der Waals surface area contributed by atoms with E-state index in [9.17, 15) is 4.79 Å². The minimum Gasteiger partial charge on any atom is -0.352 e. The molecule has 2 aromatic heterocycles. The minimum absolute atomic E-state index is 0.116. The molecule has 0 aliphatic carbocycles. The summed E-state index contributed by atoms with van der Waals surface area (Å²) in [7, 11) is 0. The Labute approximate surface area is 123 Å². The Morgan fingerprint density at radius 1 is 1.43 bits per heavy atom. The van der Waals surface area contributed by atoms with Crippen molar-refractivity contribution in [3.05, 3.63) is 42.1 Å². The molecular formula is C14H20N6O. The number of rotatable bonds is 7. The number of nitrogen functional groups attached to an aromatic ring is 1. The Morgan fingerprint density at radius 2 is 2.29 bits per heavy atom. The average Bonchev–Trinajstić information content (AvgIpc) is 3.04. The lowest BCUT2D eigenvalue weighted by Gasteiger charge is -2.09. The predicted molar refractivity (Wildman–Crippen MR) is 80.6 cm³/mol. The van der Waals surface area contributed by atoms with Crippen LogP contribution in [0, 0.1) is 0 Å². The number of nitrogens with zero attached hydrogens (tertiary/aromatic N) is 3. The molecule has 0 spiro atoms. The predicted octanol–water partition coefficient (Wildman–Crippen LogP) is 0.946. The summed E-state index contributed by atoms with van der Waals surface area (Å²) in [5, 5.41) is 2.89. The fraction of sp³-hybridized carbons (Fsp3) is 0.357. The van der Waals surface area contributed by atoms with Gasteiger partial charge in [-0.2, -0.15) is 0 Å². The number of nitrogens with two attached hydrogens (primary N) is 1. The lowest BCUT2D eigenvalue weighted by Crippen LogP contribution is -2.25. The molecule has 0 unspecified atom stereocenters. The number of imidazole rings is 1. The third-order valence-electron chi connectivity index (χ3n) is 3.09. The van der Waals surface area contributed by atoms with Gasteiger partial charge in [-0.3, -0.25) is 4.79 Å². The van der Waals surface area contributed by atoms with Crippen molar-refractivity contribution in [1.29, 1.82) is 0 Å². The van der Waals surface area contributed by atoms with Gasteiger partial charge < -0.3 is 15.3 Å². The van der Waals surface area contributed by atoms with Gasteiger partial charge in [0.05, 0.1) is 6.33 Å². The molecule has 4 N–H and O–H groups in total. The molecule has 1 amide bonds. The summed E-state index contributed by atoms with van der Waals surface area (Å²) in [5.41, 5.74) is 3.88. The molecule has 21 heavy (non-hydrogen) atoms. The second-order valence-corrected chi connectivity index (χ2v) is 4.64. The number of amides is 1. The SMILES string of the molecule is CCc1cc(C(=O)NCCCn2ccnc2)cc(NN)n1. The number of hydrazine groups is 1. The fourth-order valence-corrected chi connectivity index (χ4v) is 1.96. The highest BCUT2D eigenvalue weighted by atomic mass is 16.1. The Kier molecular flexibility index (Phi) is 5.28. The van der Waals surface area contributed by atoms with Gasteiger partial charge in [-0.25, -0.2) is 15.8 Å². The number of carbonyl (C=O) groups excluding carboxylic acids is 1. The van der Waals surface area contributed by atoms with E-state index in [1.54, 1.807) is 24.7 Å². The Bertz CT molecular complexity index is 559. The summed E-state index contributed by atoms with van der Waals surface area (Å²) in [6, 6.07) is 3.43. The molecule has 0 aromatic carbocycles. The van der Waals surface area contributed by atoms with E-state index in [0.717, 1.165) is 25.1 Å². The van der Waals surface area contributed by atoms with Crippen LogP contribution in [-0.4, -0.2) is 27.0 Å². The Morgan fingerprint density at radius 3 is 2.95 bits per heavy atom. The number of nitrogens with one attached hydrogen (secondary N) is 2. The molecule has 0 bridgehead atoms. The van der Waals surface area contributed by atoms with Crippen LogP contribution in [0.4, 0.5) is 5.82 Å². The largest absolute Gasteiger partial charge is 0.352 e. The maximum atomic E-state index is 12.1. The van der Waals surface area contributed by atoms with E-state index in [1.165, 1.54) is 0 Å². The van der Waals surface area contributed by atoms with E-state index in [-0.39, 0.29) is 5.91 Å². The molecule has 7 heteroatoms. The first-order chi connectivity index (χ1) is 10.2. The van der Waals surface area contributed by atoms with Crippen LogP contribution in [0.2, 0.25) is 0 Å². The smallest absolute Gasteiger partial charge is 0.251 e. The summed E-state index contributed by atoms with van der Waals surface area (Å²) in [4.78, 5) is 20.3. The van der Waals surface area contributed by atoms with Crippen molar-refractivity contribution in [1.82, 2.24) is 19.9 Å². The molecule has 0 atom stereocenters. The van der Waals surface area contributed by atoms with Gasteiger partial charge in [-0.15, -0.1) is 0 Å². The van der Waals surface area contributed by atoms with Gasteiger partial charge in [0.15, 0.2) is 0 Å². The molecular weight excluding hydrogens is 268 g/mol. The standard InChI is InChI=1S/C14H20N6O/c1-2-12-8-11(9-13(18-12)19-15)14(21)17-4-3-6-20-7-5-16-10-20/h5,7-10H,2-4,6,15H2,1H3,(H,17,21)(H,18,19). The zero-order valence-corrected chi connectivity index (χ0v) is 12.0. The fourth-order valence-electron chi connectivity index (χ4n) is 1.96. The Balaban J connectivity index is 1.87. The van der Waals surface area contributed by atoms with Crippen LogP contribution in [0.5, 0.6) is 0 Å². The lowest BCUT2D eigenvalue weighted by molar-refractivity contribution is 0.0952. The van der Waals surface area contributed by atoms with Crippen LogP contribution in [-0.2, 0) is 13.0 Å². The van der Waals surface area contributed by atoms with Gasteiger partial charge in [0, 0.05) is 36.7 Å². The first-order valence-electron chi connectivity index (χ1n) is 6.94. The number of aryl methyl sites for hydroxylation is 2. The maximum Gasteiger partial charge on any atom is 0.251 e. The topological polar surface area (TPSA) is 97.9 Å². The molecule has 112 valence electrons. The molecule has 2 aromatic rings. The van der Waals surface area contributed by atoms with E-state index in [0.29, 0.717) is 17.9 Å². The third-order valence-corrected chi connectivity index (χ3v) is 3.09. The molecule has 0 radical (unpaired) electrons. The van der Waals surface area contributed by atoms with Crippen LogP contribution in [0.1, 0.15) is 29.4 Å². The molecule has 2 heterocycles. The molecule has 0 aliphatic heterocycles. The monoisotopic (exact) mass is 288 g/mol. The number of carbonyl (C=O) groups is 1. The van der Waals surface area contributed by atoms with Crippen molar-refractivity contribution >= 4 is 11.7 Å². The number of pyridine rings is 1. The van der Waals surface area contributed by atoms with Crippen LogP contribution in [0.15, 0.2) is 30.9 Å². The quantitative estimate of drug-likeness (QED) is 0.400. The summed E-state index contributed by atoms with van der Waals surface area (Å²) in [6.07, 6.45) is 6.99. The first-order valence-corrected chi connectivity index (χ1v) is 6.94. The van der Waals surface area contributed by atoms with Crippen LogP contribution in [0.25, 0.3) is 0 Å². The Hall–Kier alpha value is -2.41. The summed E-state index contributed by atoms with van der Waals surface area (Å²) < 4.78 is 1.98. The van der Waals surface area contributed by atoms with Crippen molar-refractivity contribution in [2.45, 2.75) is 26.3 Å². The summed E-state index contributed by atoms with van der Waals surface area (Å²) >= 11 is 0. The van der Waals surface area contributed by atoms with Crippen molar-refractivity contribution in [3.8, 4) is 0 Å². The third kappa shape index (κ3) is 4.28. The highest BCUT2D eigenvalue weighted by Crippen LogP contribution is 2.10. The number of aromatic nitrogens is 3.